The van der Waals surface area contributed by atoms with Gasteiger partial charge in [-0.25, -0.2) is 4.98 Å². The van der Waals surface area contributed by atoms with Crippen molar-refractivity contribution >= 4 is 16.5 Å². The number of thiazole rings is 1. The van der Waals surface area contributed by atoms with E-state index in [0.717, 1.165) is 24.1 Å². The summed E-state index contributed by atoms with van der Waals surface area (Å²) in [4.78, 5) is 8.13. The summed E-state index contributed by atoms with van der Waals surface area (Å²) in [7, 11) is 0. The molecule has 0 amide bonds. The van der Waals surface area contributed by atoms with Crippen LogP contribution in [0.1, 0.15) is 36.2 Å². The Balaban J connectivity index is 1.55. The number of nitrogens with two attached hydrogens (primary N) is 1. The zero-order valence-corrected chi connectivity index (χ0v) is 13.4. The molecule has 2 aromatic rings. The molecule has 0 spiro atoms. The molecule has 1 aliphatic rings. The fourth-order valence-corrected chi connectivity index (χ4v) is 3.83. The lowest BCUT2D eigenvalue weighted by molar-refractivity contribution is 0.403. The lowest BCUT2D eigenvalue weighted by atomic mass is 9.90. The van der Waals surface area contributed by atoms with E-state index in [2.05, 4.69) is 40.2 Å². The number of rotatable bonds is 4. The number of hydrogen-bond donors (Lipinski definition) is 1. The number of piperidine rings is 1. The first-order chi connectivity index (χ1) is 10.2. The second-order valence-corrected chi connectivity index (χ2v) is 6.99. The Morgan fingerprint density at radius 1 is 1.29 bits per heavy atom. The standard InChI is InChI=1S/C17H23N3S/c1-13(18)16-12-19-17(21-16)20-9-7-15(8-10-20)11-14-5-3-2-4-6-14/h2-6,12-13,15H,7-11,18H2,1H3. The zero-order chi connectivity index (χ0) is 14.7. The van der Waals surface area contributed by atoms with Crippen molar-refractivity contribution in [1.29, 1.82) is 0 Å². The van der Waals surface area contributed by atoms with Gasteiger partial charge in [0, 0.05) is 30.2 Å². The van der Waals surface area contributed by atoms with Crippen LogP contribution in [-0.4, -0.2) is 18.1 Å². The lowest BCUT2D eigenvalue weighted by Gasteiger charge is -2.31. The first-order valence-corrected chi connectivity index (χ1v) is 8.54. The van der Waals surface area contributed by atoms with Gasteiger partial charge < -0.3 is 10.6 Å². The molecule has 0 saturated carbocycles. The summed E-state index contributed by atoms with van der Waals surface area (Å²) in [6.45, 7) is 4.25. The summed E-state index contributed by atoms with van der Waals surface area (Å²) in [5.74, 6) is 0.802. The molecule has 1 aliphatic heterocycles. The molecular weight excluding hydrogens is 278 g/mol. The summed E-state index contributed by atoms with van der Waals surface area (Å²) in [6.07, 6.45) is 5.64. The minimum absolute atomic E-state index is 0.0897. The van der Waals surface area contributed by atoms with Crippen molar-refractivity contribution in [2.24, 2.45) is 11.7 Å². The van der Waals surface area contributed by atoms with Crippen LogP contribution in [0.5, 0.6) is 0 Å². The van der Waals surface area contributed by atoms with Gasteiger partial charge in [0.1, 0.15) is 0 Å². The van der Waals surface area contributed by atoms with Crippen molar-refractivity contribution < 1.29 is 0 Å². The van der Waals surface area contributed by atoms with Crippen LogP contribution in [0.25, 0.3) is 0 Å². The van der Waals surface area contributed by atoms with Crippen molar-refractivity contribution in [3.63, 3.8) is 0 Å². The highest BCUT2D eigenvalue weighted by atomic mass is 32.1. The van der Waals surface area contributed by atoms with Gasteiger partial charge in [0.15, 0.2) is 5.13 Å². The Morgan fingerprint density at radius 3 is 2.62 bits per heavy atom. The predicted molar refractivity (Wildman–Crippen MR) is 89.8 cm³/mol. The van der Waals surface area contributed by atoms with Crippen LogP contribution in [-0.2, 0) is 6.42 Å². The van der Waals surface area contributed by atoms with Crippen LogP contribution in [0.15, 0.2) is 36.5 Å². The van der Waals surface area contributed by atoms with E-state index in [9.17, 15) is 0 Å². The highest BCUT2D eigenvalue weighted by molar-refractivity contribution is 7.15. The largest absolute Gasteiger partial charge is 0.348 e. The maximum atomic E-state index is 5.92. The van der Waals surface area contributed by atoms with Crippen LogP contribution in [0.4, 0.5) is 5.13 Å². The number of anilines is 1. The van der Waals surface area contributed by atoms with Crippen molar-refractivity contribution in [3.05, 3.63) is 47.0 Å². The summed E-state index contributed by atoms with van der Waals surface area (Å²) in [5, 5.41) is 1.14. The average Bonchev–Trinajstić information content (AvgIpc) is 2.99. The van der Waals surface area contributed by atoms with E-state index >= 15 is 0 Å². The molecule has 3 nitrogen and oxygen atoms in total. The second kappa shape index (κ2) is 6.58. The summed E-state index contributed by atoms with van der Waals surface area (Å²) < 4.78 is 0. The Hall–Kier alpha value is -1.39. The molecular formula is C17H23N3S. The van der Waals surface area contributed by atoms with Gasteiger partial charge >= 0.3 is 0 Å². The fourth-order valence-electron chi connectivity index (χ4n) is 2.91. The van der Waals surface area contributed by atoms with Crippen molar-refractivity contribution in [1.82, 2.24) is 4.98 Å². The van der Waals surface area contributed by atoms with Crippen LogP contribution < -0.4 is 10.6 Å². The van der Waals surface area contributed by atoms with E-state index in [1.165, 1.54) is 29.7 Å². The van der Waals surface area contributed by atoms with E-state index in [1.807, 2.05) is 13.1 Å². The summed E-state index contributed by atoms with van der Waals surface area (Å²) >= 11 is 1.74. The molecule has 4 heteroatoms. The molecule has 21 heavy (non-hydrogen) atoms. The number of nitrogens with zero attached hydrogens (tertiary/aromatic N) is 2. The monoisotopic (exact) mass is 301 g/mol. The predicted octanol–water partition coefficient (Wildman–Crippen LogP) is 3.62. The Bertz CT molecular complexity index is 556. The van der Waals surface area contributed by atoms with Crippen LogP contribution >= 0.6 is 11.3 Å². The molecule has 1 fully saturated rings. The molecule has 112 valence electrons. The molecule has 0 bridgehead atoms. The third-order valence-electron chi connectivity index (χ3n) is 4.21. The van der Waals surface area contributed by atoms with Crippen LogP contribution in [0.3, 0.4) is 0 Å². The molecule has 1 atom stereocenters. The van der Waals surface area contributed by atoms with Gasteiger partial charge in [-0.2, -0.15) is 0 Å². The van der Waals surface area contributed by atoms with Gasteiger partial charge in [-0.05, 0) is 37.7 Å². The SMILES string of the molecule is CC(N)c1cnc(N2CCC(Cc3ccccc3)CC2)s1. The topological polar surface area (TPSA) is 42.1 Å². The minimum atomic E-state index is 0.0897. The second-order valence-electron chi connectivity index (χ2n) is 5.95. The quantitative estimate of drug-likeness (QED) is 0.938. The lowest BCUT2D eigenvalue weighted by Crippen LogP contribution is -2.34. The molecule has 0 aliphatic carbocycles. The number of benzene rings is 1. The van der Waals surface area contributed by atoms with Crippen LogP contribution in [0, 0.1) is 5.92 Å². The Morgan fingerprint density at radius 2 is 2.00 bits per heavy atom. The molecule has 2 heterocycles. The van der Waals surface area contributed by atoms with Crippen molar-refractivity contribution in [2.45, 2.75) is 32.2 Å². The third kappa shape index (κ3) is 3.63. The van der Waals surface area contributed by atoms with E-state index in [-0.39, 0.29) is 6.04 Å². The molecule has 3 rings (SSSR count). The zero-order valence-electron chi connectivity index (χ0n) is 12.5. The maximum absolute atomic E-state index is 5.92. The van der Waals surface area contributed by atoms with Gasteiger partial charge in [0.2, 0.25) is 0 Å². The van der Waals surface area contributed by atoms with Gasteiger partial charge in [-0.1, -0.05) is 30.3 Å². The van der Waals surface area contributed by atoms with E-state index < -0.39 is 0 Å². The first kappa shape index (κ1) is 14.5. The summed E-state index contributed by atoms with van der Waals surface area (Å²) in [6, 6.07) is 10.9. The molecule has 1 aromatic carbocycles. The highest BCUT2D eigenvalue weighted by Gasteiger charge is 2.21. The number of hydrogen-bond acceptors (Lipinski definition) is 4. The minimum Gasteiger partial charge on any atom is -0.348 e. The Labute approximate surface area is 130 Å². The number of aromatic nitrogens is 1. The molecule has 1 unspecified atom stereocenters. The highest BCUT2D eigenvalue weighted by Crippen LogP contribution is 2.30. The van der Waals surface area contributed by atoms with E-state index in [4.69, 9.17) is 5.73 Å². The van der Waals surface area contributed by atoms with E-state index in [0.29, 0.717) is 0 Å². The van der Waals surface area contributed by atoms with Gasteiger partial charge in [-0.15, -0.1) is 11.3 Å². The van der Waals surface area contributed by atoms with Gasteiger partial charge in [0.25, 0.3) is 0 Å². The van der Waals surface area contributed by atoms with Gasteiger partial charge in [-0.3, -0.25) is 0 Å². The molecule has 2 N–H and O–H groups in total. The van der Waals surface area contributed by atoms with Gasteiger partial charge in [0.05, 0.1) is 0 Å². The summed E-state index contributed by atoms with van der Waals surface area (Å²) in [5.41, 5.74) is 7.38. The molecule has 1 saturated heterocycles. The molecule has 1 aromatic heterocycles. The Kier molecular flexibility index (Phi) is 4.56. The normalized spacial score (nSPS) is 17.9. The van der Waals surface area contributed by atoms with E-state index in [1.54, 1.807) is 11.3 Å². The van der Waals surface area contributed by atoms with Crippen molar-refractivity contribution in [3.8, 4) is 0 Å². The average molecular weight is 301 g/mol. The fraction of sp³-hybridized carbons (Fsp3) is 0.471. The smallest absolute Gasteiger partial charge is 0.185 e. The van der Waals surface area contributed by atoms with Crippen molar-refractivity contribution in [2.75, 3.05) is 18.0 Å². The maximum Gasteiger partial charge on any atom is 0.185 e. The molecule has 0 radical (unpaired) electrons. The third-order valence-corrected chi connectivity index (χ3v) is 5.47. The van der Waals surface area contributed by atoms with Crippen LogP contribution in [0.2, 0.25) is 0 Å². The first-order valence-electron chi connectivity index (χ1n) is 7.72.